The number of hydrogen-bond donors (Lipinski definition) is 0. The molecule has 2 nitrogen and oxygen atoms in total. The Kier molecular flexibility index (Phi) is 3.25. The van der Waals surface area contributed by atoms with Crippen LogP contribution in [-0.2, 0) is 0 Å². The zero-order valence-corrected chi connectivity index (χ0v) is 10.7. The Morgan fingerprint density at radius 2 is 1.95 bits per heavy atom. The zero-order valence-electron chi connectivity index (χ0n) is 10.7. The van der Waals surface area contributed by atoms with Gasteiger partial charge in [0.2, 0.25) is 0 Å². The molecule has 4 heteroatoms. The van der Waals surface area contributed by atoms with Crippen LogP contribution in [0, 0.1) is 17.6 Å². The summed E-state index contributed by atoms with van der Waals surface area (Å²) in [6.45, 7) is 0.671. The minimum Gasteiger partial charge on any atom is -0.335 e. The molecule has 0 spiro atoms. The standard InChI is InChI=1S/C15H17F2NO/c16-12-6-3-5-11(14(12)17)15(19)18-9-8-10-4-1-2-7-13(10)18/h3,5-6,10,13H,1-2,4,7-9H2/t10-,13-/m1/s1. The largest absolute Gasteiger partial charge is 0.335 e. The van der Waals surface area contributed by atoms with Crippen molar-refractivity contribution in [1.29, 1.82) is 0 Å². The van der Waals surface area contributed by atoms with Crippen LogP contribution in [0.2, 0.25) is 0 Å². The molecule has 102 valence electrons. The van der Waals surface area contributed by atoms with E-state index in [0.29, 0.717) is 12.5 Å². The fourth-order valence-corrected chi connectivity index (χ4v) is 3.48. The number of rotatable bonds is 1. The lowest BCUT2D eigenvalue weighted by Crippen LogP contribution is -2.39. The highest BCUT2D eigenvalue weighted by atomic mass is 19.2. The molecular formula is C15H17F2NO. The van der Waals surface area contributed by atoms with E-state index in [-0.39, 0.29) is 17.5 Å². The molecule has 2 atom stereocenters. The molecule has 1 heterocycles. The summed E-state index contributed by atoms with van der Waals surface area (Å²) in [5.41, 5.74) is -0.133. The van der Waals surface area contributed by atoms with E-state index >= 15 is 0 Å². The smallest absolute Gasteiger partial charge is 0.257 e. The molecule has 1 saturated carbocycles. The molecule has 3 rings (SSSR count). The highest BCUT2D eigenvalue weighted by molar-refractivity contribution is 5.95. The van der Waals surface area contributed by atoms with E-state index in [4.69, 9.17) is 0 Å². The Morgan fingerprint density at radius 1 is 1.16 bits per heavy atom. The van der Waals surface area contributed by atoms with Gasteiger partial charge in [0.25, 0.3) is 5.91 Å². The van der Waals surface area contributed by atoms with Gasteiger partial charge in [-0.3, -0.25) is 4.79 Å². The number of benzene rings is 1. The average molecular weight is 265 g/mol. The van der Waals surface area contributed by atoms with E-state index in [1.165, 1.54) is 18.6 Å². The monoisotopic (exact) mass is 265 g/mol. The number of carbonyl (C=O) groups excluding carboxylic acids is 1. The van der Waals surface area contributed by atoms with Gasteiger partial charge >= 0.3 is 0 Å². The second-order valence-corrected chi connectivity index (χ2v) is 5.50. The number of likely N-dealkylation sites (tertiary alicyclic amines) is 1. The normalized spacial score (nSPS) is 26.3. The average Bonchev–Trinajstić information content (AvgIpc) is 2.85. The fourth-order valence-electron chi connectivity index (χ4n) is 3.48. The van der Waals surface area contributed by atoms with Crippen molar-refractivity contribution in [2.75, 3.05) is 6.54 Å². The van der Waals surface area contributed by atoms with Crippen molar-refractivity contribution in [3.8, 4) is 0 Å². The molecular weight excluding hydrogens is 248 g/mol. The van der Waals surface area contributed by atoms with Gasteiger partial charge in [-0.1, -0.05) is 18.9 Å². The summed E-state index contributed by atoms with van der Waals surface area (Å²) in [5, 5.41) is 0. The molecule has 1 aromatic carbocycles. The van der Waals surface area contributed by atoms with Gasteiger partial charge in [-0.05, 0) is 37.3 Å². The highest BCUT2D eigenvalue weighted by Crippen LogP contribution is 2.37. The third kappa shape index (κ3) is 2.13. The molecule has 1 aliphatic heterocycles. The van der Waals surface area contributed by atoms with Crippen LogP contribution in [0.4, 0.5) is 8.78 Å². The predicted molar refractivity (Wildman–Crippen MR) is 67.8 cm³/mol. The lowest BCUT2D eigenvalue weighted by Gasteiger charge is -2.31. The number of hydrogen-bond acceptors (Lipinski definition) is 1. The fraction of sp³-hybridized carbons (Fsp3) is 0.533. The third-order valence-electron chi connectivity index (χ3n) is 4.45. The first-order chi connectivity index (χ1) is 9.18. The van der Waals surface area contributed by atoms with Crippen LogP contribution in [0.25, 0.3) is 0 Å². The molecule has 0 radical (unpaired) electrons. The maximum absolute atomic E-state index is 13.7. The van der Waals surface area contributed by atoms with Gasteiger partial charge < -0.3 is 4.90 Å². The second kappa shape index (κ2) is 4.91. The highest BCUT2D eigenvalue weighted by Gasteiger charge is 2.39. The summed E-state index contributed by atoms with van der Waals surface area (Å²) in [4.78, 5) is 14.1. The number of fused-ring (bicyclic) bond motifs is 1. The van der Waals surface area contributed by atoms with Gasteiger partial charge in [0.15, 0.2) is 11.6 Å². The molecule has 19 heavy (non-hydrogen) atoms. The van der Waals surface area contributed by atoms with Crippen LogP contribution in [0.15, 0.2) is 18.2 Å². The van der Waals surface area contributed by atoms with Crippen molar-refractivity contribution >= 4 is 5.91 Å². The minimum absolute atomic E-state index is 0.133. The first-order valence-corrected chi connectivity index (χ1v) is 6.93. The number of nitrogens with zero attached hydrogens (tertiary/aromatic N) is 1. The summed E-state index contributed by atoms with van der Waals surface area (Å²) < 4.78 is 26.9. The molecule has 2 aliphatic rings. The van der Waals surface area contributed by atoms with Crippen LogP contribution < -0.4 is 0 Å². The third-order valence-corrected chi connectivity index (χ3v) is 4.45. The van der Waals surface area contributed by atoms with Crippen molar-refractivity contribution in [3.05, 3.63) is 35.4 Å². The Labute approximate surface area is 111 Å². The maximum Gasteiger partial charge on any atom is 0.257 e. The molecule has 1 amide bonds. The number of amides is 1. The topological polar surface area (TPSA) is 20.3 Å². The van der Waals surface area contributed by atoms with E-state index in [2.05, 4.69) is 0 Å². The molecule has 0 N–H and O–H groups in total. The Hall–Kier alpha value is -1.45. The van der Waals surface area contributed by atoms with E-state index in [1.807, 2.05) is 0 Å². The second-order valence-electron chi connectivity index (χ2n) is 5.50. The Morgan fingerprint density at radius 3 is 2.79 bits per heavy atom. The minimum atomic E-state index is -1.02. The zero-order chi connectivity index (χ0) is 13.4. The first kappa shape index (κ1) is 12.6. The molecule has 1 saturated heterocycles. The van der Waals surface area contributed by atoms with Crippen LogP contribution >= 0.6 is 0 Å². The quantitative estimate of drug-likeness (QED) is 0.762. The van der Waals surface area contributed by atoms with Gasteiger partial charge in [0, 0.05) is 12.6 Å². The van der Waals surface area contributed by atoms with Crippen molar-refractivity contribution in [1.82, 2.24) is 4.90 Å². The number of halogens is 2. The summed E-state index contributed by atoms with van der Waals surface area (Å²) in [5.74, 6) is -1.78. The number of carbonyl (C=O) groups is 1. The molecule has 0 aromatic heterocycles. The molecule has 1 aromatic rings. The molecule has 1 aliphatic carbocycles. The summed E-state index contributed by atoms with van der Waals surface area (Å²) >= 11 is 0. The van der Waals surface area contributed by atoms with Gasteiger partial charge in [0.1, 0.15) is 0 Å². The summed E-state index contributed by atoms with van der Waals surface area (Å²) in [6.07, 6.45) is 5.48. The van der Waals surface area contributed by atoms with Crippen molar-refractivity contribution in [2.24, 2.45) is 5.92 Å². The maximum atomic E-state index is 13.7. The van der Waals surface area contributed by atoms with Gasteiger partial charge in [-0.15, -0.1) is 0 Å². The van der Waals surface area contributed by atoms with Gasteiger partial charge in [-0.2, -0.15) is 0 Å². The lowest BCUT2D eigenvalue weighted by molar-refractivity contribution is 0.0684. The van der Waals surface area contributed by atoms with Crippen LogP contribution in [0.1, 0.15) is 42.5 Å². The van der Waals surface area contributed by atoms with Gasteiger partial charge in [0.05, 0.1) is 5.56 Å². The van der Waals surface area contributed by atoms with E-state index in [0.717, 1.165) is 31.7 Å². The lowest BCUT2D eigenvalue weighted by atomic mass is 9.85. The predicted octanol–water partition coefficient (Wildman–Crippen LogP) is 3.37. The van der Waals surface area contributed by atoms with E-state index in [9.17, 15) is 13.6 Å². The van der Waals surface area contributed by atoms with E-state index in [1.54, 1.807) is 4.90 Å². The van der Waals surface area contributed by atoms with Crippen LogP contribution in [-0.4, -0.2) is 23.4 Å². The van der Waals surface area contributed by atoms with Gasteiger partial charge in [-0.25, -0.2) is 8.78 Å². The Bertz CT molecular complexity index is 503. The van der Waals surface area contributed by atoms with Crippen LogP contribution in [0.3, 0.4) is 0 Å². The van der Waals surface area contributed by atoms with Crippen molar-refractivity contribution in [2.45, 2.75) is 38.1 Å². The summed E-state index contributed by atoms with van der Waals surface area (Å²) in [7, 11) is 0. The molecule has 0 unspecified atom stereocenters. The molecule has 2 fully saturated rings. The molecule has 0 bridgehead atoms. The van der Waals surface area contributed by atoms with Crippen molar-refractivity contribution < 1.29 is 13.6 Å². The van der Waals surface area contributed by atoms with E-state index < -0.39 is 11.6 Å². The first-order valence-electron chi connectivity index (χ1n) is 6.93. The van der Waals surface area contributed by atoms with Crippen molar-refractivity contribution in [3.63, 3.8) is 0 Å². The summed E-state index contributed by atoms with van der Waals surface area (Å²) in [6, 6.07) is 4.03. The SMILES string of the molecule is O=C(c1cccc(F)c1F)N1CC[C@H]2CCCC[C@H]21. The van der Waals surface area contributed by atoms with Crippen LogP contribution in [0.5, 0.6) is 0 Å². The Balaban J connectivity index is 1.86.